The van der Waals surface area contributed by atoms with Crippen LogP contribution in [0.25, 0.3) is 0 Å². The molecule has 0 aliphatic carbocycles. The first kappa shape index (κ1) is 11.9. The van der Waals surface area contributed by atoms with E-state index in [0.717, 1.165) is 32.5 Å². The summed E-state index contributed by atoms with van der Waals surface area (Å²) in [6.45, 7) is 4.38. The van der Waals surface area contributed by atoms with Crippen LogP contribution in [-0.4, -0.2) is 42.4 Å². The quantitative estimate of drug-likeness (QED) is 0.704. The maximum atomic E-state index is 11.6. The van der Waals surface area contributed by atoms with Gasteiger partial charge in [-0.2, -0.15) is 12.6 Å². The fraction of sp³-hybridized carbons (Fsp3) is 0.900. The monoisotopic (exact) mass is 217 g/mol. The van der Waals surface area contributed by atoms with Crippen molar-refractivity contribution in [2.75, 3.05) is 25.4 Å². The van der Waals surface area contributed by atoms with Crippen molar-refractivity contribution in [2.24, 2.45) is 0 Å². The predicted octanol–water partition coefficient (Wildman–Crippen LogP) is 1.33. The molecule has 0 aromatic carbocycles. The molecule has 0 aromatic heterocycles. The number of hydrogen-bond donors (Lipinski definition) is 1. The van der Waals surface area contributed by atoms with Crippen LogP contribution in [0.5, 0.6) is 0 Å². The van der Waals surface area contributed by atoms with E-state index >= 15 is 0 Å². The highest BCUT2D eigenvalue weighted by atomic mass is 32.1. The van der Waals surface area contributed by atoms with Crippen LogP contribution in [0.4, 0.5) is 0 Å². The molecule has 0 bridgehead atoms. The SMILES string of the molecule is CCN(CC1CCCO1)C(=O)CCS. The van der Waals surface area contributed by atoms with E-state index in [-0.39, 0.29) is 12.0 Å². The average Bonchev–Trinajstić information content (AvgIpc) is 2.66. The Hall–Kier alpha value is -0.220. The van der Waals surface area contributed by atoms with Crippen LogP contribution in [-0.2, 0) is 9.53 Å². The van der Waals surface area contributed by atoms with Crippen molar-refractivity contribution < 1.29 is 9.53 Å². The van der Waals surface area contributed by atoms with Crippen molar-refractivity contribution >= 4 is 18.5 Å². The molecule has 0 spiro atoms. The van der Waals surface area contributed by atoms with Gasteiger partial charge in [0.25, 0.3) is 0 Å². The van der Waals surface area contributed by atoms with Crippen LogP contribution >= 0.6 is 12.6 Å². The highest BCUT2D eigenvalue weighted by Gasteiger charge is 2.20. The number of nitrogens with zero attached hydrogens (tertiary/aromatic N) is 1. The zero-order valence-corrected chi connectivity index (χ0v) is 9.63. The normalized spacial score (nSPS) is 21.1. The summed E-state index contributed by atoms with van der Waals surface area (Å²) in [5.41, 5.74) is 0. The molecule has 0 radical (unpaired) electrons. The molecule has 1 saturated heterocycles. The van der Waals surface area contributed by atoms with E-state index in [9.17, 15) is 4.79 Å². The fourth-order valence-corrected chi connectivity index (χ4v) is 1.89. The van der Waals surface area contributed by atoms with Crippen molar-refractivity contribution in [3.8, 4) is 0 Å². The largest absolute Gasteiger partial charge is 0.376 e. The van der Waals surface area contributed by atoms with Crippen LogP contribution < -0.4 is 0 Å². The Morgan fingerprint density at radius 1 is 1.64 bits per heavy atom. The zero-order valence-electron chi connectivity index (χ0n) is 8.74. The predicted molar refractivity (Wildman–Crippen MR) is 59.7 cm³/mol. The molecule has 0 N–H and O–H groups in total. The first-order valence-electron chi connectivity index (χ1n) is 5.28. The number of rotatable bonds is 5. The minimum atomic E-state index is 0.193. The van der Waals surface area contributed by atoms with Gasteiger partial charge < -0.3 is 9.64 Å². The number of carbonyl (C=O) groups is 1. The summed E-state index contributed by atoms with van der Waals surface area (Å²) in [7, 11) is 0. The Morgan fingerprint density at radius 3 is 2.93 bits per heavy atom. The minimum absolute atomic E-state index is 0.193. The second-order valence-electron chi connectivity index (χ2n) is 3.54. The summed E-state index contributed by atoms with van der Waals surface area (Å²) in [5.74, 6) is 0.818. The molecule has 0 saturated carbocycles. The molecule has 14 heavy (non-hydrogen) atoms. The van der Waals surface area contributed by atoms with E-state index < -0.39 is 0 Å². The minimum Gasteiger partial charge on any atom is -0.376 e. The first-order valence-corrected chi connectivity index (χ1v) is 5.91. The lowest BCUT2D eigenvalue weighted by molar-refractivity contribution is -0.132. The Morgan fingerprint density at radius 2 is 2.43 bits per heavy atom. The Bertz CT molecular complexity index is 181. The van der Waals surface area contributed by atoms with E-state index in [1.807, 2.05) is 11.8 Å². The molecule has 1 unspecified atom stereocenters. The summed E-state index contributed by atoms with van der Waals surface area (Å²) < 4.78 is 5.50. The smallest absolute Gasteiger partial charge is 0.223 e. The zero-order chi connectivity index (χ0) is 10.4. The third-order valence-corrected chi connectivity index (χ3v) is 2.73. The summed E-state index contributed by atoms with van der Waals surface area (Å²) in [6, 6.07) is 0. The molecule has 1 rings (SSSR count). The summed E-state index contributed by atoms with van der Waals surface area (Å²) >= 11 is 4.06. The number of likely N-dealkylation sites (N-methyl/N-ethyl adjacent to an activating group) is 1. The highest BCUT2D eigenvalue weighted by Crippen LogP contribution is 2.13. The van der Waals surface area contributed by atoms with Crippen molar-refractivity contribution in [1.29, 1.82) is 0 Å². The molecule has 1 atom stereocenters. The second kappa shape index (κ2) is 6.30. The third kappa shape index (κ3) is 3.50. The van der Waals surface area contributed by atoms with Crippen LogP contribution in [0.1, 0.15) is 26.2 Å². The van der Waals surface area contributed by atoms with Crippen LogP contribution in [0.15, 0.2) is 0 Å². The number of hydrogen-bond acceptors (Lipinski definition) is 3. The van der Waals surface area contributed by atoms with Gasteiger partial charge in [-0.25, -0.2) is 0 Å². The second-order valence-corrected chi connectivity index (χ2v) is 3.99. The Balaban J connectivity index is 2.33. The van der Waals surface area contributed by atoms with Gasteiger partial charge >= 0.3 is 0 Å². The maximum Gasteiger partial charge on any atom is 0.223 e. The van der Waals surface area contributed by atoms with Gasteiger partial charge in [0.2, 0.25) is 5.91 Å². The molecule has 4 heteroatoms. The van der Waals surface area contributed by atoms with Crippen molar-refractivity contribution in [3.05, 3.63) is 0 Å². The molecule has 1 fully saturated rings. The number of carbonyl (C=O) groups excluding carboxylic acids is 1. The topological polar surface area (TPSA) is 29.5 Å². The fourth-order valence-electron chi connectivity index (χ4n) is 1.70. The van der Waals surface area contributed by atoms with Crippen molar-refractivity contribution in [2.45, 2.75) is 32.3 Å². The standard InChI is InChI=1S/C10H19NO2S/c1-2-11(10(12)5-7-14)8-9-4-3-6-13-9/h9,14H,2-8H2,1H3. The molecule has 1 aliphatic rings. The molecular formula is C10H19NO2S. The van der Waals surface area contributed by atoms with Crippen LogP contribution in [0.2, 0.25) is 0 Å². The lowest BCUT2D eigenvalue weighted by Gasteiger charge is -2.23. The van der Waals surface area contributed by atoms with Gasteiger partial charge in [-0.15, -0.1) is 0 Å². The average molecular weight is 217 g/mol. The maximum absolute atomic E-state index is 11.6. The molecule has 1 heterocycles. The molecule has 3 nitrogen and oxygen atoms in total. The van der Waals surface area contributed by atoms with E-state index in [4.69, 9.17) is 4.74 Å². The first-order chi connectivity index (χ1) is 6.77. The number of thiol groups is 1. The van der Waals surface area contributed by atoms with Gasteiger partial charge in [0, 0.05) is 26.1 Å². The van der Waals surface area contributed by atoms with Gasteiger partial charge in [-0.3, -0.25) is 4.79 Å². The van der Waals surface area contributed by atoms with Crippen molar-refractivity contribution in [1.82, 2.24) is 4.90 Å². The van der Waals surface area contributed by atoms with Gasteiger partial charge in [0.05, 0.1) is 6.10 Å². The third-order valence-electron chi connectivity index (χ3n) is 2.51. The Labute approximate surface area is 91.2 Å². The van der Waals surface area contributed by atoms with Gasteiger partial charge in [0.1, 0.15) is 0 Å². The van der Waals surface area contributed by atoms with Crippen LogP contribution in [0, 0.1) is 0 Å². The molecular weight excluding hydrogens is 198 g/mol. The highest BCUT2D eigenvalue weighted by molar-refractivity contribution is 7.80. The molecule has 1 aliphatic heterocycles. The van der Waals surface area contributed by atoms with Gasteiger partial charge in [-0.1, -0.05) is 0 Å². The summed E-state index contributed by atoms with van der Waals surface area (Å²) in [6.07, 6.45) is 3.01. The van der Waals surface area contributed by atoms with E-state index in [0.29, 0.717) is 12.2 Å². The van der Waals surface area contributed by atoms with Crippen molar-refractivity contribution in [3.63, 3.8) is 0 Å². The summed E-state index contributed by atoms with van der Waals surface area (Å²) in [4.78, 5) is 13.5. The number of ether oxygens (including phenoxy) is 1. The molecule has 82 valence electrons. The van der Waals surface area contributed by atoms with Gasteiger partial charge in [0.15, 0.2) is 0 Å². The lowest BCUT2D eigenvalue weighted by atomic mass is 10.2. The van der Waals surface area contributed by atoms with E-state index in [2.05, 4.69) is 12.6 Å². The number of amides is 1. The van der Waals surface area contributed by atoms with Gasteiger partial charge in [-0.05, 0) is 25.5 Å². The lowest BCUT2D eigenvalue weighted by Crippen LogP contribution is -2.37. The van der Waals surface area contributed by atoms with E-state index in [1.54, 1.807) is 0 Å². The Kier molecular flexibility index (Phi) is 5.33. The van der Waals surface area contributed by atoms with Crippen LogP contribution in [0.3, 0.4) is 0 Å². The molecule has 1 amide bonds. The van der Waals surface area contributed by atoms with E-state index in [1.165, 1.54) is 0 Å². The summed E-state index contributed by atoms with van der Waals surface area (Å²) in [5, 5.41) is 0. The molecule has 0 aromatic rings.